The minimum Gasteiger partial charge on any atom is -0.379 e. The van der Waals surface area contributed by atoms with Crippen molar-refractivity contribution in [2.45, 2.75) is 31.8 Å². The lowest BCUT2D eigenvalue weighted by Crippen LogP contribution is -2.40. The fraction of sp³-hybridized carbons (Fsp3) is 0.350. The van der Waals surface area contributed by atoms with Crippen molar-refractivity contribution in [1.29, 1.82) is 0 Å². The molecule has 0 aromatic carbocycles. The van der Waals surface area contributed by atoms with Crippen molar-refractivity contribution in [2.75, 3.05) is 13.2 Å². The highest BCUT2D eigenvalue weighted by Crippen LogP contribution is 2.26. The molecule has 0 bridgehead atoms. The summed E-state index contributed by atoms with van der Waals surface area (Å²) in [7, 11) is 0. The number of carbonyl (C=O) groups is 1. The fourth-order valence-corrected chi connectivity index (χ4v) is 3.41. The Balaban J connectivity index is 1.54. The lowest BCUT2D eigenvalue weighted by Gasteiger charge is -2.23. The quantitative estimate of drug-likeness (QED) is 0.768. The van der Waals surface area contributed by atoms with Crippen LogP contribution >= 0.6 is 0 Å². The first-order valence-electron chi connectivity index (χ1n) is 9.04. The Morgan fingerprint density at radius 1 is 1.23 bits per heavy atom. The molecule has 0 radical (unpaired) electrons. The van der Waals surface area contributed by atoms with Crippen LogP contribution in [0.15, 0.2) is 48.8 Å². The van der Waals surface area contributed by atoms with Crippen molar-refractivity contribution < 1.29 is 9.53 Å². The van der Waals surface area contributed by atoms with Crippen LogP contribution in [-0.4, -0.2) is 39.7 Å². The molecule has 1 amide bonds. The second kappa shape index (κ2) is 7.66. The Hall–Kier alpha value is -2.73. The number of hydrogen-bond acceptors (Lipinski definition) is 4. The highest BCUT2D eigenvalue weighted by molar-refractivity contribution is 5.84. The Bertz CT molecular complexity index is 885. The topological polar surface area (TPSA) is 69.0 Å². The van der Waals surface area contributed by atoms with Gasteiger partial charge in [0.05, 0.1) is 24.0 Å². The Labute approximate surface area is 152 Å². The van der Waals surface area contributed by atoms with E-state index < -0.39 is 0 Å². The molecule has 4 rings (SSSR count). The molecule has 4 heterocycles. The van der Waals surface area contributed by atoms with Gasteiger partial charge in [-0.2, -0.15) is 0 Å². The zero-order valence-electron chi connectivity index (χ0n) is 14.6. The molecule has 6 heteroatoms. The van der Waals surface area contributed by atoms with Gasteiger partial charge < -0.3 is 14.6 Å². The van der Waals surface area contributed by atoms with Crippen molar-refractivity contribution in [3.8, 4) is 11.4 Å². The van der Waals surface area contributed by atoms with Crippen LogP contribution in [0.1, 0.15) is 19.3 Å². The number of amides is 1. The van der Waals surface area contributed by atoms with Crippen molar-refractivity contribution in [2.24, 2.45) is 0 Å². The first-order chi connectivity index (χ1) is 12.8. The first-order valence-corrected chi connectivity index (χ1v) is 9.04. The summed E-state index contributed by atoms with van der Waals surface area (Å²) in [5.74, 6) is 0.0465. The lowest BCUT2D eigenvalue weighted by atomic mass is 10.1. The average Bonchev–Trinajstić information content (AvgIpc) is 3.06. The molecule has 1 N–H and O–H groups in total. The summed E-state index contributed by atoms with van der Waals surface area (Å²) in [5, 5.41) is 4.13. The highest BCUT2D eigenvalue weighted by atomic mass is 16.5. The summed E-state index contributed by atoms with van der Waals surface area (Å²) in [6.45, 7) is 1.96. The third-order valence-corrected chi connectivity index (χ3v) is 4.67. The number of pyridine rings is 2. The molecule has 6 nitrogen and oxygen atoms in total. The summed E-state index contributed by atoms with van der Waals surface area (Å²) in [6.07, 6.45) is 5.94. The molecule has 1 aliphatic heterocycles. The Morgan fingerprint density at radius 3 is 2.96 bits per heavy atom. The minimum absolute atomic E-state index is 0.0465. The van der Waals surface area contributed by atoms with Crippen LogP contribution in [0.3, 0.4) is 0 Å². The van der Waals surface area contributed by atoms with Gasteiger partial charge in [0.2, 0.25) is 5.91 Å². The molecule has 3 aromatic heterocycles. The van der Waals surface area contributed by atoms with E-state index in [1.54, 1.807) is 12.4 Å². The molecule has 0 saturated carbocycles. The second-order valence-electron chi connectivity index (χ2n) is 6.54. The molecule has 0 aliphatic carbocycles. The van der Waals surface area contributed by atoms with Crippen LogP contribution in [0, 0.1) is 0 Å². The number of fused-ring (bicyclic) bond motifs is 1. The fourth-order valence-electron chi connectivity index (χ4n) is 3.41. The molecule has 1 aliphatic rings. The largest absolute Gasteiger partial charge is 0.379 e. The normalized spacial score (nSPS) is 17.3. The highest BCUT2D eigenvalue weighted by Gasteiger charge is 2.17. The molecular formula is C20H22N4O2. The zero-order valence-corrected chi connectivity index (χ0v) is 14.6. The van der Waals surface area contributed by atoms with Gasteiger partial charge in [-0.05, 0) is 43.2 Å². The zero-order chi connectivity index (χ0) is 17.8. The number of rotatable bonds is 5. The number of hydrogen-bond donors (Lipinski definition) is 1. The molecule has 26 heavy (non-hydrogen) atoms. The van der Waals surface area contributed by atoms with Gasteiger partial charge in [-0.25, -0.2) is 4.98 Å². The lowest BCUT2D eigenvalue weighted by molar-refractivity contribution is -0.122. The predicted molar refractivity (Wildman–Crippen MR) is 99.6 cm³/mol. The van der Waals surface area contributed by atoms with E-state index >= 15 is 0 Å². The van der Waals surface area contributed by atoms with E-state index in [9.17, 15) is 4.79 Å². The van der Waals surface area contributed by atoms with Gasteiger partial charge in [-0.1, -0.05) is 6.07 Å². The van der Waals surface area contributed by atoms with Gasteiger partial charge in [0, 0.05) is 37.4 Å². The van der Waals surface area contributed by atoms with Crippen molar-refractivity contribution in [1.82, 2.24) is 19.9 Å². The van der Waals surface area contributed by atoms with Gasteiger partial charge >= 0.3 is 0 Å². The summed E-state index contributed by atoms with van der Waals surface area (Å²) < 4.78 is 7.51. The number of nitrogens with one attached hydrogen (secondary N) is 1. The number of carbonyl (C=O) groups excluding carboxylic acids is 1. The second-order valence-corrected chi connectivity index (χ2v) is 6.54. The molecule has 0 unspecified atom stereocenters. The van der Waals surface area contributed by atoms with Crippen molar-refractivity contribution in [3.63, 3.8) is 0 Å². The van der Waals surface area contributed by atoms with E-state index in [0.29, 0.717) is 19.6 Å². The smallest absolute Gasteiger partial charge is 0.222 e. The summed E-state index contributed by atoms with van der Waals surface area (Å²) in [6, 6.07) is 12.0. The maximum atomic E-state index is 12.4. The van der Waals surface area contributed by atoms with Gasteiger partial charge in [0.15, 0.2) is 0 Å². The SMILES string of the molecule is O=C(CCn1c(-c2ccccn2)cc2cccnc21)N[C@H]1CCCOC1. The molecule has 1 atom stereocenters. The number of ether oxygens (including phenoxy) is 1. The summed E-state index contributed by atoms with van der Waals surface area (Å²) in [4.78, 5) is 21.3. The summed E-state index contributed by atoms with van der Waals surface area (Å²) >= 11 is 0. The van der Waals surface area contributed by atoms with Crippen LogP contribution in [0.25, 0.3) is 22.4 Å². The monoisotopic (exact) mass is 350 g/mol. The minimum atomic E-state index is 0.0465. The van der Waals surface area contributed by atoms with Crippen LogP contribution in [0.5, 0.6) is 0 Å². The predicted octanol–water partition coefficient (Wildman–Crippen LogP) is 2.78. The Kier molecular flexibility index (Phi) is 4.93. The van der Waals surface area contributed by atoms with Crippen molar-refractivity contribution >= 4 is 16.9 Å². The molecule has 134 valence electrons. The first kappa shape index (κ1) is 16.7. The summed E-state index contributed by atoms with van der Waals surface area (Å²) in [5.41, 5.74) is 2.74. The third kappa shape index (κ3) is 3.60. The van der Waals surface area contributed by atoms with Crippen LogP contribution in [0.2, 0.25) is 0 Å². The van der Waals surface area contributed by atoms with Gasteiger partial charge in [-0.3, -0.25) is 9.78 Å². The van der Waals surface area contributed by atoms with E-state index in [1.807, 2.05) is 30.3 Å². The maximum Gasteiger partial charge on any atom is 0.222 e. The van der Waals surface area contributed by atoms with Gasteiger partial charge in [0.25, 0.3) is 0 Å². The van der Waals surface area contributed by atoms with Crippen LogP contribution in [-0.2, 0) is 16.1 Å². The van der Waals surface area contributed by atoms with Crippen molar-refractivity contribution in [3.05, 3.63) is 48.8 Å². The molecule has 3 aromatic rings. The van der Waals surface area contributed by atoms with Gasteiger partial charge in [-0.15, -0.1) is 0 Å². The van der Waals surface area contributed by atoms with Gasteiger partial charge in [0.1, 0.15) is 5.65 Å². The van der Waals surface area contributed by atoms with E-state index in [2.05, 4.69) is 25.9 Å². The molecule has 1 saturated heterocycles. The van der Waals surface area contributed by atoms with E-state index in [0.717, 1.165) is 41.9 Å². The molecule has 0 spiro atoms. The number of aryl methyl sites for hydroxylation is 1. The average molecular weight is 350 g/mol. The third-order valence-electron chi connectivity index (χ3n) is 4.67. The van der Waals surface area contributed by atoms with E-state index in [1.165, 1.54) is 0 Å². The van der Waals surface area contributed by atoms with Crippen LogP contribution < -0.4 is 5.32 Å². The van der Waals surface area contributed by atoms with E-state index in [4.69, 9.17) is 4.74 Å². The molecular weight excluding hydrogens is 328 g/mol. The number of aromatic nitrogens is 3. The van der Waals surface area contributed by atoms with Crippen LogP contribution in [0.4, 0.5) is 0 Å². The molecule has 1 fully saturated rings. The number of nitrogens with zero attached hydrogens (tertiary/aromatic N) is 3. The standard InChI is InChI=1S/C20H22N4O2/c25-19(23-16-6-4-12-26-14-16)8-11-24-18(17-7-1-2-9-21-17)13-15-5-3-10-22-20(15)24/h1-3,5,7,9-10,13,16H,4,6,8,11-12,14H2,(H,23,25)/t16-/m0/s1. The Morgan fingerprint density at radius 2 is 2.15 bits per heavy atom. The maximum absolute atomic E-state index is 12.4. The van der Waals surface area contributed by atoms with E-state index in [-0.39, 0.29) is 11.9 Å².